The summed E-state index contributed by atoms with van der Waals surface area (Å²) in [5.74, 6) is 0.369. The van der Waals surface area contributed by atoms with Crippen LogP contribution in [0.4, 0.5) is 11.4 Å². The fraction of sp³-hybridized carbons (Fsp3) is 0.375. The zero-order valence-electron chi connectivity index (χ0n) is 17.6. The van der Waals surface area contributed by atoms with Crippen molar-refractivity contribution in [2.75, 3.05) is 5.32 Å². The Balaban J connectivity index is 1.53. The molecule has 2 aromatic rings. The second-order valence-corrected chi connectivity index (χ2v) is 9.36. The van der Waals surface area contributed by atoms with Crippen molar-refractivity contribution in [1.82, 2.24) is 4.90 Å². The molecular weight excluding hydrogens is 394 g/mol. The summed E-state index contributed by atoms with van der Waals surface area (Å²) in [6.45, 7) is 6.08. The van der Waals surface area contributed by atoms with Gasteiger partial charge >= 0.3 is 0 Å². The fourth-order valence-electron chi connectivity index (χ4n) is 3.75. The van der Waals surface area contributed by atoms with E-state index in [1.54, 1.807) is 0 Å². The number of nitrogens with one attached hydrogen (secondary N) is 1. The van der Waals surface area contributed by atoms with Gasteiger partial charge in [-0.05, 0) is 68.9 Å². The molecule has 1 heterocycles. The van der Waals surface area contributed by atoms with Crippen molar-refractivity contribution in [1.29, 1.82) is 0 Å². The minimum atomic E-state index is -0.446. The standard InChI is InChI=1S/C24H27N3O2S/c1-15-7-6-9-19(13-15)25-24-27(17(3)18-11-12-18)23(29)21(30-24)14-22(28)26-20-10-5-4-8-16(20)2/h4-10,13,17-18,21H,11-12,14H2,1-3H3,(H,26,28)/t17-,21+/m0/s1. The topological polar surface area (TPSA) is 61.8 Å². The second-order valence-electron chi connectivity index (χ2n) is 8.19. The molecule has 1 saturated heterocycles. The Morgan fingerprint density at radius 2 is 1.97 bits per heavy atom. The van der Waals surface area contributed by atoms with Crippen LogP contribution >= 0.6 is 11.8 Å². The first-order chi connectivity index (χ1) is 14.4. The average Bonchev–Trinajstić information content (AvgIpc) is 3.50. The SMILES string of the molecule is Cc1cccc(N=C2S[C@H](CC(=O)Nc3ccccc3C)C(=O)N2[C@@H](C)C2CC2)c1. The summed E-state index contributed by atoms with van der Waals surface area (Å²) in [7, 11) is 0. The van der Waals surface area contributed by atoms with Crippen LogP contribution in [0.2, 0.25) is 0 Å². The number of amidine groups is 1. The second kappa shape index (κ2) is 8.64. The van der Waals surface area contributed by atoms with Gasteiger partial charge in [0, 0.05) is 18.2 Å². The number of carbonyl (C=O) groups is 2. The van der Waals surface area contributed by atoms with Crippen molar-refractivity contribution >= 4 is 40.1 Å². The molecule has 30 heavy (non-hydrogen) atoms. The van der Waals surface area contributed by atoms with E-state index >= 15 is 0 Å². The molecule has 2 amide bonds. The van der Waals surface area contributed by atoms with Crippen LogP contribution in [0.3, 0.4) is 0 Å². The maximum absolute atomic E-state index is 13.2. The maximum atomic E-state index is 13.2. The summed E-state index contributed by atoms with van der Waals surface area (Å²) in [5, 5.41) is 3.21. The molecule has 1 aliphatic heterocycles. The number of para-hydroxylation sites is 1. The molecule has 2 atom stereocenters. The summed E-state index contributed by atoms with van der Waals surface area (Å²) in [6.07, 6.45) is 2.43. The van der Waals surface area contributed by atoms with Crippen molar-refractivity contribution in [3.63, 3.8) is 0 Å². The quantitative estimate of drug-likeness (QED) is 0.709. The zero-order valence-corrected chi connectivity index (χ0v) is 18.4. The van der Waals surface area contributed by atoms with Crippen molar-refractivity contribution in [3.8, 4) is 0 Å². The number of amides is 2. The van der Waals surface area contributed by atoms with Gasteiger partial charge in [0.25, 0.3) is 0 Å². The Kier molecular flexibility index (Phi) is 5.95. The van der Waals surface area contributed by atoms with Crippen LogP contribution in [0.5, 0.6) is 0 Å². The highest BCUT2D eigenvalue weighted by Crippen LogP contribution is 2.41. The lowest BCUT2D eigenvalue weighted by molar-refractivity contribution is -0.129. The van der Waals surface area contributed by atoms with Gasteiger partial charge in [-0.3, -0.25) is 14.5 Å². The number of hydrogen-bond donors (Lipinski definition) is 1. The third-order valence-electron chi connectivity index (χ3n) is 5.69. The number of hydrogen-bond acceptors (Lipinski definition) is 4. The highest BCUT2D eigenvalue weighted by molar-refractivity contribution is 8.15. The molecule has 5 nitrogen and oxygen atoms in total. The molecule has 2 aromatic carbocycles. The van der Waals surface area contributed by atoms with Crippen molar-refractivity contribution in [3.05, 3.63) is 59.7 Å². The Morgan fingerprint density at radius 3 is 2.67 bits per heavy atom. The van der Waals surface area contributed by atoms with E-state index in [1.807, 2.05) is 67.3 Å². The first kappa shape index (κ1) is 20.7. The summed E-state index contributed by atoms with van der Waals surface area (Å²) in [6, 6.07) is 15.7. The van der Waals surface area contributed by atoms with Gasteiger partial charge in [-0.1, -0.05) is 42.1 Å². The van der Waals surface area contributed by atoms with Crippen LogP contribution in [-0.2, 0) is 9.59 Å². The highest BCUT2D eigenvalue weighted by atomic mass is 32.2. The third kappa shape index (κ3) is 4.59. The van der Waals surface area contributed by atoms with Crippen LogP contribution in [-0.4, -0.2) is 33.2 Å². The molecule has 0 radical (unpaired) electrons. The van der Waals surface area contributed by atoms with E-state index in [2.05, 4.69) is 12.2 Å². The molecule has 1 aliphatic carbocycles. The number of nitrogens with zero attached hydrogens (tertiary/aromatic N) is 2. The van der Waals surface area contributed by atoms with Gasteiger partial charge in [0.2, 0.25) is 11.8 Å². The third-order valence-corrected chi connectivity index (χ3v) is 6.85. The van der Waals surface area contributed by atoms with Crippen LogP contribution in [0.15, 0.2) is 53.5 Å². The van der Waals surface area contributed by atoms with Crippen molar-refractivity contribution in [2.24, 2.45) is 10.9 Å². The van der Waals surface area contributed by atoms with Gasteiger partial charge in [-0.15, -0.1) is 0 Å². The minimum absolute atomic E-state index is 0.00858. The fourth-order valence-corrected chi connectivity index (χ4v) is 4.98. The summed E-state index contributed by atoms with van der Waals surface area (Å²) < 4.78 is 0. The normalized spacial score (nSPS) is 21.2. The molecule has 2 fully saturated rings. The molecule has 0 unspecified atom stereocenters. The lowest BCUT2D eigenvalue weighted by Gasteiger charge is -2.24. The smallest absolute Gasteiger partial charge is 0.242 e. The van der Waals surface area contributed by atoms with E-state index in [4.69, 9.17) is 4.99 Å². The number of aliphatic imine (C=N–C) groups is 1. The molecular formula is C24H27N3O2S. The van der Waals surface area contributed by atoms with Crippen molar-refractivity contribution < 1.29 is 9.59 Å². The Hall–Kier alpha value is -2.60. The minimum Gasteiger partial charge on any atom is -0.326 e. The number of carbonyl (C=O) groups excluding carboxylic acids is 2. The summed E-state index contributed by atoms with van der Waals surface area (Å²) >= 11 is 1.41. The predicted molar refractivity (Wildman–Crippen MR) is 123 cm³/mol. The number of aryl methyl sites for hydroxylation is 2. The molecule has 156 valence electrons. The molecule has 4 rings (SSSR count). The number of rotatable bonds is 6. The molecule has 1 saturated carbocycles. The molecule has 0 bridgehead atoms. The number of thioether (sulfide) groups is 1. The van der Waals surface area contributed by atoms with E-state index in [9.17, 15) is 9.59 Å². The van der Waals surface area contributed by atoms with Crippen LogP contribution in [0, 0.1) is 19.8 Å². The average molecular weight is 422 g/mol. The van der Waals surface area contributed by atoms with Gasteiger partial charge in [-0.2, -0.15) is 0 Å². The van der Waals surface area contributed by atoms with Gasteiger partial charge in [0.1, 0.15) is 5.25 Å². The van der Waals surface area contributed by atoms with Crippen molar-refractivity contribution in [2.45, 2.75) is 51.3 Å². The Labute approximate surface area is 182 Å². The van der Waals surface area contributed by atoms with Gasteiger partial charge in [0.15, 0.2) is 5.17 Å². The first-order valence-corrected chi connectivity index (χ1v) is 11.3. The van der Waals surface area contributed by atoms with Crippen LogP contribution in [0.25, 0.3) is 0 Å². The lowest BCUT2D eigenvalue weighted by Crippen LogP contribution is -2.41. The van der Waals surface area contributed by atoms with Crippen LogP contribution in [0.1, 0.15) is 37.3 Å². The van der Waals surface area contributed by atoms with Gasteiger partial charge < -0.3 is 5.32 Å². The van der Waals surface area contributed by atoms with Crippen LogP contribution < -0.4 is 5.32 Å². The summed E-state index contributed by atoms with van der Waals surface area (Å²) in [4.78, 5) is 32.5. The summed E-state index contributed by atoms with van der Waals surface area (Å²) in [5.41, 5.74) is 3.75. The van der Waals surface area contributed by atoms with E-state index in [0.717, 1.165) is 35.3 Å². The zero-order chi connectivity index (χ0) is 21.3. The number of benzene rings is 2. The van der Waals surface area contributed by atoms with Gasteiger partial charge in [0.05, 0.1) is 5.69 Å². The molecule has 2 aliphatic rings. The lowest BCUT2D eigenvalue weighted by atomic mass is 10.1. The van der Waals surface area contributed by atoms with Gasteiger partial charge in [-0.25, -0.2) is 4.99 Å². The highest BCUT2D eigenvalue weighted by Gasteiger charge is 2.45. The Morgan fingerprint density at radius 1 is 1.20 bits per heavy atom. The number of anilines is 1. The first-order valence-electron chi connectivity index (χ1n) is 10.4. The largest absolute Gasteiger partial charge is 0.326 e. The molecule has 6 heteroatoms. The Bertz CT molecular complexity index is 999. The molecule has 0 aromatic heterocycles. The van der Waals surface area contributed by atoms with E-state index in [-0.39, 0.29) is 24.3 Å². The molecule has 0 spiro atoms. The molecule has 1 N–H and O–H groups in total. The van der Waals surface area contributed by atoms with E-state index in [1.165, 1.54) is 11.8 Å². The predicted octanol–water partition coefficient (Wildman–Crippen LogP) is 5.06. The monoisotopic (exact) mass is 421 g/mol. The van der Waals surface area contributed by atoms with E-state index < -0.39 is 5.25 Å². The van der Waals surface area contributed by atoms with E-state index in [0.29, 0.717) is 11.1 Å². The maximum Gasteiger partial charge on any atom is 0.242 e.